The average molecular weight is 290 g/mol. The van der Waals surface area contributed by atoms with Gasteiger partial charge in [-0.15, -0.1) is 21.5 Å². The van der Waals surface area contributed by atoms with Gasteiger partial charge in [0.15, 0.2) is 0 Å². The summed E-state index contributed by atoms with van der Waals surface area (Å²) in [7, 11) is 1.30. The van der Waals surface area contributed by atoms with Gasteiger partial charge in [-0.2, -0.15) is 4.80 Å². The standard InChI is InChI=1S/C12H10N4O3S/c1-18-12(17)9-5-4-8(19-9)7-16-14-11(13-15-16)10-3-2-6-20-10/h2-6H,7H2,1H3. The molecule has 3 aromatic rings. The molecule has 102 valence electrons. The second kappa shape index (κ2) is 5.25. The lowest BCUT2D eigenvalue weighted by atomic mass is 10.4. The first-order valence-corrected chi connectivity index (χ1v) is 6.63. The Balaban J connectivity index is 1.75. The maximum atomic E-state index is 11.3. The highest BCUT2D eigenvalue weighted by Crippen LogP contribution is 2.19. The summed E-state index contributed by atoms with van der Waals surface area (Å²) in [6.07, 6.45) is 0. The molecule has 0 N–H and O–H groups in total. The Hall–Kier alpha value is -2.48. The summed E-state index contributed by atoms with van der Waals surface area (Å²) < 4.78 is 9.91. The first-order chi connectivity index (χ1) is 9.76. The molecule has 3 heterocycles. The first kappa shape index (κ1) is 12.5. The first-order valence-electron chi connectivity index (χ1n) is 5.75. The molecule has 3 rings (SSSR count). The van der Waals surface area contributed by atoms with Gasteiger partial charge in [-0.25, -0.2) is 4.79 Å². The summed E-state index contributed by atoms with van der Waals surface area (Å²) in [6.45, 7) is 0.301. The van der Waals surface area contributed by atoms with E-state index in [9.17, 15) is 4.79 Å². The molecule has 0 fully saturated rings. The largest absolute Gasteiger partial charge is 0.463 e. The Kier molecular flexibility index (Phi) is 3.30. The predicted molar refractivity (Wildman–Crippen MR) is 70.3 cm³/mol. The van der Waals surface area contributed by atoms with Gasteiger partial charge in [0, 0.05) is 0 Å². The number of hydrogen-bond acceptors (Lipinski definition) is 7. The van der Waals surface area contributed by atoms with Crippen LogP contribution >= 0.6 is 11.3 Å². The normalized spacial score (nSPS) is 10.7. The number of methoxy groups -OCH3 is 1. The third-order valence-corrected chi connectivity index (χ3v) is 3.41. The fraction of sp³-hybridized carbons (Fsp3) is 0.167. The number of hydrogen-bond donors (Lipinski definition) is 0. The Morgan fingerprint density at radius 3 is 3.10 bits per heavy atom. The summed E-state index contributed by atoms with van der Waals surface area (Å²) in [5.41, 5.74) is 0. The van der Waals surface area contributed by atoms with Crippen molar-refractivity contribution in [3.63, 3.8) is 0 Å². The number of nitrogens with zero attached hydrogens (tertiary/aromatic N) is 4. The molecule has 20 heavy (non-hydrogen) atoms. The van der Waals surface area contributed by atoms with Crippen molar-refractivity contribution in [2.75, 3.05) is 7.11 Å². The van der Waals surface area contributed by atoms with Crippen LogP contribution < -0.4 is 0 Å². The van der Waals surface area contributed by atoms with Crippen molar-refractivity contribution in [2.24, 2.45) is 0 Å². The lowest BCUT2D eigenvalue weighted by Crippen LogP contribution is -2.03. The number of ether oxygens (including phenoxy) is 1. The molecule has 0 spiro atoms. The maximum Gasteiger partial charge on any atom is 0.373 e. The van der Waals surface area contributed by atoms with Gasteiger partial charge in [0.2, 0.25) is 11.6 Å². The minimum atomic E-state index is -0.512. The van der Waals surface area contributed by atoms with Crippen molar-refractivity contribution in [1.29, 1.82) is 0 Å². The van der Waals surface area contributed by atoms with E-state index in [1.807, 2.05) is 17.5 Å². The molecule has 0 saturated carbocycles. The molecule has 8 heteroatoms. The van der Waals surface area contributed by atoms with Crippen molar-refractivity contribution < 1.29 is 13.9 Å². The highest BCUT2D eigenvalue weighted by atomic mass is 32.1. The molecule has 7 nitrogen and oxygen atoms in total. The molecule has 0 bridgehead atoms. The van der Waals surface area contributed by atoms with Crippen LogP contribution in [0.3, 0.4) is 0 Å². The molecule has 0 aliphatic heterocycles. The number of tetrazole rings is 1. The van der Waals surface area contributed by atoms with Crippen molar-refractivity contribution in [3.8, 4) is 10.7 Å². The van der Waals surface area contributed by atoms with Gasteiger partial charge >= 0.3 is 5.97 Å². The molecule has 0 aliphatic rings. The number of rotatable bonds is 4. The van der Waals surface area contributed by atoms with Crippen LogP contribution in [0.2, 0.25) is 0 Å². The van der Waals surface area contributed by atoms with Gasteiger partial charge in [-0.3, -0.25) is 0 Å². The summed E-state index contributed by atoms with van der Waals surface area (Å²) in [6, 6.07) is 7.09. The zero-order valence-corrected chi connectivity index (χ0v) is 11.3. The van der Waals surface area contributed by atoms with Crippen molar-refractivity contribution in [3.05, 3.63) is 41.2 Å². The highest BCUT2D eigenvalue weighted by Gasteiger charge is 2.13. The van der Waals surface area contributed by atoms with Crippen LogP contribution in [-0.4, -0.2) is 33.3 Å². The van der Waals surface area contributed by atoms with Gasteiger partial charge in [0.25, 0.3) is 0 Å². The summed E-state index contributed by atoms with van der Waals surface area (Å²) >= 11 is 1.54. The highest BCUT2D eigenvalue weighted by molar-refractivity contribution is 7.13. The van der Waals surface area contributed by atoms with Gasteiger partial charge < -0.3 is 9.15 Å². The fourth-order valence-electron chi connectivity index (χ4n) is 1.63. The van der Waals surface area contributed by atoms with E-state index in [4.69, 9.17) is 4.42 Å². The van der Waals surface area contributed by atoms with E-state index in [-0.39, 0.29) is 5.76 Å². The minimum absolute atomic E-state index is 0.154. The Bertz CT molecular complexity index is 717. The molecule has 0 atom stereocenters. The summed E-state index contributed by atoms with van der Waals surface area (Å²) in [5.74, 6) is 0.767. The minimum Gasteiger partial charge on any atom is -0.463 e. The third kappa shape index (κ3) is 2.45. The van der Waals surface area contributed by atoms with Crippen LogP contribution in [0, 0.1) is 0 Å². The molecule has 3 aromatic heterocycles. The predicted octanol–water partition coefficient (Wildman–Crippen LogP) is 1.83. The number of carbonyl (C=O) groups excluding carboxylic acids is 1. The van der Waals surface area contributed by atoms with Crippen LogP contribution in [0.25, 0.3) is 10.7 Å². The molecular weight excluding hydrogens is 280 g/mol. The number of carbonyl (C=O) groups is 1. The van der Waals surface area contributed by atoms with Gasteiger partial charge in [0.1, 0.15) is 12.3 Å². The monoisotopic (exact) mass is 290 g/mol. The van der Waals surface area contributed by atoms with Crippen LogP contribution in [-0.2, 0) is 11.3 Å². The summed E-state index contributed by atoms with van der Waals surface area (Å²) in [5, 5.41) is 14.1. The van der Waals surface area contributed by atoms with Gasteiger partial charge in [-0.05, 0) is 28.8 Å². The van der Waals surface area contributed by atoms with E-state index in [2.05, 4.69) is 20.1 Å². The van der Waals surface area contributed by atoms with Crippen LogP contribution in [0.1, 0.15) is 16.3 Å². The van der Waals surface area contributed by atoms with E-state index in [1.165, 1.54) is 11.9 Å². The Morgan fingerprint density at radius 1 is 1.45 bits per heavy atom. The smallest absolute Gasteiger partial charge is 0.373 e. The molecule has 0 saturated heterocycles. The molecule has 0 amide bonds. The van der Waals surface area contributed by atoms with E-state index in [0.29, 0.717) is 18.1 Å². The topological polar surface area (TPSA) is 83.0 Å². The van der Waals surface area contributed by atoms with E-state index < -0.39 is 5.97 Å². The number of aromatic nitrogens is 4. The number of furan rings is 1. The third-order valence-electron chi connectivity index (χ3n) is 2.54. The van der Waals surface area contributed by atoms with Crippen molar-refractivity contribution in [1.82, 2.24) is 20.2 Å². The van der Waals surface area contributed by atoms with Crippen LogP contribution in [0.5, 0.6) is 0 Å². The lowest BCUT2D eigenvalue weighted by Gasteiger charge is -1.95. The average Bonchev–Trinajstić information content (AvgIpc) is 3.19. The van der Waals surface area contributed by atoms with Gasteiger partial charge in [-0.1, -0.05) is 6.07 Å². The SMILES string of the molecule is COC(=O)c1ccc(Cn2nnc(-c3cccs3)n2)o1. The molecule has 0 radical (unpaired) electrons. The summed E-state index contributed by atoms with van der Waals surface area (Å²) in [4.78, 5) is 13.6. The second-order valence-electron chi connectivity index (χ2n) is 3.88. The molecule has 0 unspecified atom stereocenters. The van der Waals surface area contributed by atoms with Gasteiger partial charge in [0.05, 0.1) is 12.0 Å². The number of thiophene rings is 1. The van der Waals surface area contributed by atoms with E-state index in [0.717, 1.165) is 4.88 Å². The molecule has 0 aliphatic carbocycles. The molecule has 0 aromatic carbocycles. The lowest BCUT2D eigenvalue weighted by molar-refractivity contribution is 0.0562. The zero-order chi connectivity index (χ0) is 13.9. The molecular formula is C12H10N4O3S. The van der Waals surface area contributed by atoms with Crippen LogP contribution in [0.4, 0.5) is 0 Å². The van der Waals surface area contributed by atoms with E-state index >= 15 is 0 Å². The van der Waals surface area contributed by atoms with Crippen molar-refractivity contribution >= 4 is 17.3 Å². The van der Waals surface area contributed by atoms with Crippen molar-refractivity contribution in [2.45, 2.75) is 6.54 Å². The maximum absolute atomic E-state index is 11.3. The zero-order valence-electron chi connectivity index (χ0n) is 10.5. The second-order valence-corrected chi connectivity index (χ2v) is 4.83. The Labute approximate surface area is 117 Å². The Morgan fingerprint density at radius 2 is 2.35 bits per heavy atom. The van der Waals surface area contributed by atoms with Crippen LogP contribution in [0.15, 0.2) is 34.1 Å². The number of esters is 1. The quantitative estimate of drug-likeness (QED) is 0.682. The van der Waals surface area contributed by atoms with E-state index in [1.54, 1.807) is 23.5 Å². The fourth-order valence-corrected chi connectivity index (χ4v) is 2.28.